The van der Waals surface area contributed by atoms with Crippen LogP contribution in [-0.4, -0.2) is 21.7 Å². The van der Waals surface area contributed by atoms with Crippen LogP contribution in [0.25, 0.3) is 16.8 Å². The Morgan fingerprint density at radius 2 is 2.04 bits per heavy atom. The smallest absolute Gasteiger partial charge is 0.165 e. The molecule has 0 saturated carbocycles. The summed E-state index contributed by atoms with van der Waals surface area (Å²) in [6.07, 6.45) is 3.45. The average molecular weight is 346 g/mol. The molecule has 1 N–H and O–H groups in total. The zero-order chi connectivity index (χ0) is 17.7. The van der Waals surface area contributed by atoms with Crippen molar-refractivity contribution < 1.29 is 9.13 Å². The van der Waals surface area contributed by atoms with Gasteiger partial charge in [0.1, 0.15) is 12.0 Å². The third-order valence-electron chi connectivity index (χ3n) is 4.79. The van der Waals surface area contributed by atoms with E-state index in [0.29, 0.717) is 0 Å². The van der Waals surface area contributed by atoms with E-state index in [1.54, 1.807) is 12.4 Å². The molecular weight excluding hydrogens is 331 g/mol. The molecule has 0 amide bonds. The molecule has 5 nitrogen and oxygen atoms in total. The lowest BCUT2D eigenvalue weighted by atomic mass is 9.99. The van der Waals surface area contributed by atoms with E-state index in [0.717, 1.165) is 33.6 Å². The van der Waals surface area contributed by atoms with Gasteiger partial charge in [-0.3, -0.25) is 0 Å². The van der Waals surface area contributed by atoms with Crippen molar-refractivity contribution in [1.29, 1.82) is 0 Å². The maximum absolute atomic E-state index is 14.3. The maximum Gasteiger partial charge on any atom is 0.165 e. The van der Waals surface area contributed by atoms with Crippen LogP contribution < -0.4 is 10.1 Å². The Kier molecular flexibility index (Phi) is 3.18. The lowest BCUT2D eigenvalue weighted by molar-refractivity contribution is 0.386. The van der Waals surface area contributed by atoms with E-state index >= 15 is 0 Å². The molecule has 1 atom stereocenters. The fourth-order valence-corrected chi connectivity index (χ4v) is 3.58. The van der Waals surface area contributed by atoms with Gasteiger partial charge in [-0.25, -0.2) is 13.9 Å². The first-order valence-electron chi connectivity index (χ1n) is 8.28. The van der Waals surface area contributed by atoms with Crippen LogP contribution >= 0.6 is 0 Å². The first kappa shape index (κ1) is 14.9. The summed E-state index contributed by atoms with van der Waals surface area (Å²) >= 11 is 0. The third kappa shape index (κ3) is 2.08. The lowest BCUT2D eigenvalue weighted by Crippen LogP contribution is -2.11. The Hall–Kier alpha value is -3.41. The van der Waals surface area contributed by atoms with E-state index in [9.17, 15) is 4.39 Å². The third-order valence-corrected chi connectivity index (χ3v) is 4.79. The zero-order valence-electron chi connectivity index (χ0n) is 14.0. The summed E-state index contributed by atoms with van der Waals surface area (Å²) in [5.74, 6) is -0.155. The summed E-state index contributed by atoms with van der Waals surface area (Å²) in [6.45, 7) is 0. The molecule has 1 aliphatic heterocycles. The van der Waals surface area contributed by atoms with Gasteiger partial charge in [-0.1, -0.05) is 24.3 Å². The molecule has 0 aliphatic carbocycles. The molecule has 2 aromatic carbocycles. The van der Waals surface area contributed by atoms with Gasteiger partial charge in [0.15, 0.2) is 11.6 Å². The highest BCUT2D eigenvalue weighted by molar-refractivity contribution is 5.89. The van der Waals surface area contributed by atoms with E-state index in [2.05, 4.69) is 15.4 Å². The monoisotopic (exact) mass is 346 g/mol. The average Bonchev–Trinajstić information content (AvgIpc) is 3.04. The summed E-state index contributed by atoms with van der Waals surface area (Å²) in [7, 11) is 1.46. The number of hydrogen-bond donors (Lipinski definition) is 1. The summed E-state index contributed by atoms with van der Waals surface area (Å²) in [5, 5.41) is 7.86. The molecule has 1 aliphatic rings. The zero-order valence-corrected chi connectivity index (χ0v) is 14.0. The summed E-state index contributed by atoms with van der Waals surface area (Å²) < 4.78 is 21.2. The van der Waals surface area contributed by atoms with Gasteiger partial charge in [0.05, 0.1) is 18.7 Å². The molecule has 0 fully saturated rings. The van der Waals surface area contributed by atoms with Crippen molar-refractivity contribution in [3.8, 4) is 17.0 Å². The molecular formula is C20H15FN4O. The molecule has 0 radical (unpaired) electrons. The standard InChI is InChI=1S/C20H15FN4O/c1-26-17-7-6-12(10-15(17)21)18-14-8-9-25-20(14)19(22-11-23-25)13-4-2-3-5-16(13)24-18/h2-11,18,24H,1H3. The molecule has 0 spiro atoms. The number of nitrogens with one attached hydrogen (secondary N) is 1. The number of halogens is 1. The van der Waals surface area contributed by atoms with Crippen LogP contribution in [0.15, 0.2) is 61.1 Å². The van der Waals surface area contributed by atoms with Crippen LogP contribution in [0.4, 0.5) is 10.1 Å². The molecule has 6 heteroatoms. The van der Waals surface area contributed by atoms with E-state index in [1.807, 2.05) is 47.1 Å². The number of anilines is 1. The number of fused-ring (bicyclic) bond motifs is 2. The molecule has 0 saturated heterocycles. The summed E-state index contributed by atoms with van der Waals surface area (Å²) in [6, 6.07) is 14.8. The topological polar surface area (TPSA) is 51.5 Å². The highest BCUT2D eigenvalue weighted by Gasteiger charge is 2.27. The highest BCUT2D eigenvalue weighted by atomic mass is 19.1. The number of ether oxygens (including phenoxy) is 1. The highest BCUT2D eigenvalue weighted by Crippen LogP contribution is 2.41. The van der Waals surface area contributed by atoms with Gasteiger partial charge in [0, 0.05) is 23.0 Å². The summed E-state index contributed by atoms with van der Waals surface area (Å²) in [5.41, 5.74) is 5.54. The van der Waals surface area contributed by atoms with Crippen LogP contribution in [0, 0.1) is 5.82 Å². The molecule has 3 heterocycles. The molecule has 4 aromatic rings. The van der Waals surface area contributed by atoms with Gasteiger partial charge in [-0.05, 0) is 29.8 Å². The Balaban J connectivity index is 1.79. The van der Waals surface area contributed by atoms with Crippen molar-refractivity contribution in [2.24, 2.45) is 0 Å². The van der Waals surface area contributed by atoms with Crippen molar-refractivity contribution in [2.45, 2.75) is 6.04 Å². The van der Waals surface area contributed by atoms with Gasteiger partial charge in [-0.2, -0.15) is 5.10 Å². The Bertz CT molecular complexity index is 1140. The number of nitrogens with zero attached hydrogens (tertiary/aromatic N) is 3. The number of hydrogen-bond acceptors (Lipinski definition) is 4. The van der Waals surface area contributed by atoms with Gasteiger partial charge < -0.3 is 10.1 Å². The minimum Gasteiger partial charge on any atom is -0.494 e. The second-order valence-corrected chi connectivity index (χ2v) is 6.19. The minimum absolute atomic E-state index is 0.228. The van der Waals surface area contributed by atoms with Crippen LogP contribution in [-0.2, 0) is 0 Å². The van der Waals surface area contributed by atoms with Gasteiger partial charge in [0.25, 0.3) is 0 Å². The second kappa shape index (κ2) is 5.56. The number of rotatable bonds is 2. The van der Waals surface area contributed by atoms with Crippen LogP contribution in [0.1, 0.15) is 17.2 Å². The normalized spacial score (nSPS) is 15.2. The van der Waals surface area contributed by atoms with E-state index < -0.39 is 0 Å². The van der Waals surface area contributed by atoms with Crippen LogP contribution in [0.5, 0.6) is 5.75 Å². The van der Waals surface area contributed by atoms with Gasteiger partial charge in [-0.15, -0.1) is 0 Å². The quantitative estimate of drug-likeness (QED) is 0.595. The predicted octanol–water partition coefficient (Wildman–Crippen LogP) is 4.06. The second-order valence-electron chi connectivity index (χ2n) is 6.19. The SMILES string of the molecule is COc1ccc(C2Nc3ccccc3-c3ncnn4ccc2c34)cc1F. The number of benzene rings is 2. The summed E-state index contributed by atoms with van der Waals surface area (Å²) in [4.78, 5) is 4.52. The van der Waals surface area contributed by atoms with Crippen molar-refractivity contribution in [2.75, 3.05) is 12.4 Å². The minimum atomic E-state index is -0.385. The fourth-order valence-electron chi connectivity index (χ4n) is 3.58. The number of para-hydroxylation sites is 1. The van der Waals surface area contributed by atoms with Crippen LogP contribution in [0.2, 0.25) is 0 Å². The molecule has 5 rings (SSSR count). The van der Waals surface area contributed by atoms with Crippen LogP contribution in [0.3, 0.4) is 0 Å². The Morgan fingerprint density at radius 1 is 1.15 bits per heavy atom. The number of aromatic nitrogens is 3. The molecule has 26 heavy (non-hydrogen) atoms. The fraction of sp³-hybridized carbons (Fsp3) is 0.100. The van der Waals surface area contributed by atoms with E-state index in [4.69, 9.17) is 4.74 Å². The van der Waals surface area contributed by atoms with Crippen molar-refractivity contribution in [3.05, 3.63) is 78.0 Å². The largest absolute Gasteiger partial charge is 0.494 e. The van der Waals surface area contributed by atoms with E-state index in [1.165, 1.54) is 13.2 Å². The number of methoxy groups -OCH3 is 1. The van der Waals surface area contributed by atoms with Gasteiger partial charge >= 0.3 is 0 Å². The Labute approximate surface area is 149 Å². The molecule has 1 unspecified atom stereocenters. The van der Waals surface area contributed by atoms with Crippen molar-refractivity contribution in [1.82, 2.24) is 14.6 Å². The maximum atomic E-state index is 14.3. The molecule has 128 valence electrons. The molecule has 0 bridgehead atoms. The van der Waals surface area contributed by atoms with Gasteiger partial charge in [0.2, 0.25) is 0 Å². The Morgan fingerprint density at radius 3 is 2.88 bits per heavy atom. The predicted molar refractivity (Wildman–Crippen MR) is 96.8 cm³/mol. The van der Waals surface area contributed by atoms with E-state index in [-0.39, 0.29) is 17.6 Å². The van der Waals surface area contributed by atoms with Crippen molar-refractivity contribution >= 4 is 11.2 Å². The first-order chi connectivity index (χ1) is 12.8. The lowest BCUT2D eigenvalue weighted by Gasteiger charge is -2.20. The molecule has 2 aromatic heterocycles. The van der Waals surface area contributed by atoms with Crippen molar-refractivity contribution in [3.63, 3.8) is 0 Å². The first-order valence-corrected chi connectivity index (χ1v) is 8.28.